The summed E-state index contributed by atoms with van der Waals surface area (Å²) in [6, 6.07) is 6.35. The predicted molar refractivity (Wildman–Crippen MR) is 78.2 cm³/mol. The van der Waals surface area contributed by atoms with Gasteiger partial charge < -0.3 is 15.4 Å². The molecule has 2 aromatic rings. The molecule has 6 nitrogen and oxygen atoms in total. The highest BCUT2D eigenvalue weighted by Crippen LogP contribution is 2.20. The fraction of sp³-hybridized carbons (Fsp3) is 0.333. The maximum Gasteiger partial charge on any atom is 0.387 e. The van der Waals surface area contributed by atoms with E-state index in [4.69, 9.17) is 0 Å². The van der Waals surface area contributed by atoms with Gasteiger partial charge in [0.05, 0.1) is 0 Å². The number of nitrogens with one attached hydrogen (secondary N) is 3. The number of alkyl halides is 2. The molecule has 3 N–H and O–H groups in total. The Hall–Kier alpha value is -2.48. The zero-order valence-corrected chi connectivity index (χ0v) is 12.2. The highest BCUT2D eigenvalue weighted by atomic mass is 19.3. The van der Waals surface area contributed by atoms with E-state index in [9.17, 15) is 13.6 Å². The van der Waals surface area contributed by atoms with Gasteiger partial charge in [0.1, 0.15) is 5.75 Å². The third kappa shape index (κ3) is 3.48. The van der Waals surface area contributed by atoms with Crippen LogP contribution in [0.25, 0.3) is 0 Å². The van der Waals surface area contributed by atoms with Crippen LogP contribution < -0.4 is 15.4 Å². The van der Waals surface area contributed by atoms with Crippen LogP contribution >= 0.6 is 0 Å². The molecule has 1 aliphatic rings. The largest absolute Gasteiger partial charge is 0.434 e. The van der Waals surface area contributed by atoms with Crippen molar-refractivity contribution in [2.75, 3.05) is 6.54 Å². The number of carbonyl (C=O) groups excluding carboxylic acids is 1. The number of carbonyl (C=O) groups is 1. The number of para-hydroxylation sites is 1. The maximum absolute atomic E-state index is 12.4. The van der Waals surface area contributed by atoms with Gasteiger partial charge in [-0.3, -0.25) is 9.89 Å². The van der Waals surface area contributed by atoms with E-state index < -0.39 is 6.61 Å². The second-order valence-electron chi connectivity index (χ2n) is 5.13. The zero-order valence-electron chi connectivity index (χ0n) is 12.2. The quantitative estimate of drug-likeness (QED) is 0.781. The van der Waals surface area contributed by atoms with E-state index in [2.05, 4.69) is 25.6 Å². The fourth-order valence-corrected chi connectivity index (χ4v) is 2.53. The van der Waals surface area contributed by atoms with Gasteiger partial charge in [-0.25, -0.2) is 0 Å². The number of H-pyrrole nitrogens is 1. The van der Waals surface area contributed by atoms with E-state index in [0.29, 0.717) is 17.8 Å². The van der Waals surface area contributed by atoms with Gasteiger partial charge in [-0.05, 0) is 6.07 Å². The van der Waals surface area contributed by atoms with Crippen LogP contribution in [-0.2, 0) is 19.5 Å². The van der Waals surface area contributed by atoms with E-state index in [1.807, 2.05) is 0 Å². The van der Waals surface area contributed by atoms with Crippen LogP contribution in [0.1, 0.15) is 27.3 Å². The van der Waals surface area contributed by atoms with Gasteiger partial charge in [-0.2, -0.15) is 13.9 Å². The van der Waals surface area contributed by atoms with Crippen LogP contribution in [0.4, 0.5) is 8.78 Å². The average molecular weight is 322 g/mol. The Kier molecular flexibility index (Phi) is 4.52. The molecule has 3 rings (SSSR count). The highest BCUT2D eigenvalue weighted by molar-refractivity contribution is 5.94. The number of aromatic amines is 1. The van der Waals surface area contributed by atoms with Gasteiger partial charge in [0.2, 0.25) is 0 Å². The lowest BCUT2D eigenvalue weighted by molar-refractivity contribution is -0.0504. The molecule has 0 saturated carbocycles. The van der Waals surface area contributed by atoms with Crippen molar-refractivity contribution in [3.8, 4) is 5.75 Å². The van der Waals surface area contributed by atoms with Crippen LogP contribution in [0, 0.1) is 0 Å². The molecule has 0 atom stereocenters. The molecule has 1 aliphatic heterocycles. The Morgan fingerprint density at radius 1 is 1.39 bits per heavy atom. The maximum atomic E-state index is 12.4. The molecule has 2 heterocycles. The standard InChI is InChI=1S/C15H16F2N4O2/c16-15(17)23-12-4-2-1-3-9(12)7-19-14(22)13-10-8-18-6-5-11(10)20-21-13/h1-4,15,18H,5-8H2,(H,19,22)(H,20,21). The van der Waals surface area contributed by atoms with E-state index in [1.165, 1.54) is 6.07 Å². The lowest BCUT2D eigenvalue weighted by atomic mass is 10.1. The van der Waals surface area contributed by atoms with E-state index in [-0.39, 0.29) is 18.2 Å². The summed E-state index contributed by atoms with van der Waals surface area (Å²) in [5.41, 5.74) is 2.62. The lowest BCUT2D eigenvalue weighted by Crippen LogP contribution is -2.28. The smallest absolute Gasteiger partial charge is 0.387 e. The first-order chi connectivity index (χ1) is 11.1. The molecular weight excluding hydrogens is 306 g/mol. The van der Waals surface area contributed by atoms with Crippen molar-refractivity contribution in [3.05, 3.63) is 46.8 Å². The number of halogens is 2. The van der Waals surface area contributed by atoms with Crippen LogP contribution in [0.15, 0.2) is 24.3 Å². The molecular formula is C15H16F2N4O2. The first kappa shape index (κ1) is 15.4. The Morgan fingerprint density at radius 3 is 3.04 bits per heavy atom. The van der Waals surface area contributed by atoms with Crippen LogP contribution in [0.5, 0.6) is 5.75 Å². The van der Waals surface area contributed by atoms with Gasteiger partial charge in [0, 0.05) is 42.9 Å². The molecule has 1 aromatic carbocycles. The number of hydrogen-bond donors (Lipinski definition) is 3. The van der Waals surface area contributed by atoms with Crippen molar-refractivity contribution in [2.24, 2.45) is 0 Å². The van der Waals surface area contributed by atoms with Crippen molar-refractivity contribution in [2.45, 2.75) is 26.1 Å². The Labute approximate surface area is 131 Å². The van der Waals surface area contributed by atoms with Gasteiger partial charge in [0.25, 0.3) is 5.91 Å². The summed E-state index contributed by atoms with van der Waals surface area (Å²) in [6.45, 7) is -1.40. The molecule has 0 unspecified atom stereocenters. The summed E-state index contributed by atoms with van der Waals surface area (Å²) in [5.74, 6) is -0.299. The van der Waals surface area contributed by atoms with Crippen LogP contribution in [0.2, 0.25) is 0 Å². The number of fused-ring (bicyclic) bond motifs is 1. The summed E-state index contributed by atoms with van der Waals surface area (Å²) >= 11 is 0. The molecule has 0 bridgehead atoms. The van der Waals surface area contributed by atoms with Gasteiger partial charge >= 0.3 is 6.61 Å². The van der Waals surface area contributed by atoms with Crippen molar-refractivity contribution in [1.29, 1.82) is 0 Å². The highest BCUT2D eigenvalue weighted by Gasteiger charge is 2.21. The third-order valence-corrected chi connectivity index (χ3v) is 3.65. The number of ether oxygens (including phenoxy) is 1. The fourth-order valence-electron chi connectivity index (χ4n) is 2.53. The Balaban J connectivity index is 1.69. The average Bonchev–Trinajstić information content (AvgIpc) is 2.97. The van der Waals surface area contributed by atoms with Crippen molar-refractivity contribution < 1.29 is 18.3 Å². The number of amides is 1. The van der Waals surface area contributed by atoms with E-state index in [0.717, 1.165) is 24.2 Å². The summed E-state index contributed by atoms with van der Waals surface area (Å²) in [4.78, 5) is 12.3. The minimum Gasteiger partial charge on any atom is -0.434 e. The summed E-state index contributed by atoms with van der Waals surface area (Å²) in [6.07, 6.45) is 0.792. The minimum absolute atomic E-state index is 0.0496. The van der Waals surface area contributed by atoms with Crippen LogP contribution in [-0.4, -0.2) is 29.3 Å². The molecule has 8 heteroatoms. The lowest BCUT2D eigenvalue weighted by Gasteiger charge is -2.13. The number of nitrogens with zero attached hydrogens (tertiary/aromatic N) is 1. The van der Waals surface area contributed by atoms with Crippen molar-refractivity contribution in [3.63, 3.8) is 0 Å². The number of aromatic nitrogens is 2. The molecule has 0 saturated heterocycles. The van der Waals surface area contributed by atoms with Crippen molar-refractivity contribution in [1.82, 2.24) is 20.8 Å². The molecule has 0 fully saturated rings. The summed E-state index contributed by atoms with van der Waals surface area (Å²) in [7, 11) is 0. The number of benzene rings is 1. The van der Waals surface area contributed by atoms with Gasteiger partial charge in [-0.1, -0.05) is 18.2 Å². The second-order valence-corrected chi connectivity index (χ2v) is 5.13. The topological polar surface area (TPSA) is 79.0 Å². The normalized spacial score (nSPS) is 13.7. The number of rotatable bonds is 5. The summed E-state index contributed by atoms with van der Waals surface area (Å²) in [5, 5.41) is 12.8. The predicted octanol–water partition coefficient (Wildman–Crippen LogP) is 1.59. The molecule has 23 heavy (non-hydrogen) atoms. The number of hydrogen-bond acceptors (Lipinski definition) is 4. The Morgan fingerprint density at radius 2 is 2.22 bits per heavy atom. The SMILES string of the molecule is O=C(NCc1ccccc1OC(F)F)c1n[nH]c2c1CNCC2. The molecule has 1 aromatic heterocycles. The first-order valence-electron chi connectivity index (χ1n) is 7.23. The summed E-state index contributed by atoms with van der Waals surface area (Å²) < 4.78 is 29.2. The zero-order chi connectivity index (χ0) is 16.2. The van der Waals surface area contributed by atoms with Crippen molar-refractivity contribution >= 4 is 5.91 Å². The first-order valence-corrected chi connectivity index (χ1v) is 7.23. The second kappa shape index (κ2) is 6.74. The third-order valence-electron chi connectivity index (χ3n) is 3.65. The molecule has 0 spiro atoms. The van der Waals surface area contributed by atoms with E-state index >= 15 is 0 Å². The van der Waals surface area contributed by atoms with Gasteiger partial charge in [0.15, 0.2) is 5.69 Å². The molecule has 0 radical (unpaired) electrons. The monoisotopic (exact) mass is 322 g/mol. The molecule has 0 aliphatic carbocycles. The molecule has 122 valence electrons. The van der Waals surface area contributed by atoms with Crippen LogP contribution in [0.3, 0.4) is 0 Å². The van der Waals surface area contributed by atoms with E-state index in [1.54, 1.807) is 18.2 Å². The molecule has 1 amide bonds. The Bertz CT molecular complexity index is 703. The van der Waals surface area contributed by atoms with Gasteiger partial charge in [-0.15, -0.1) is 0 Å². The minimum atomic E-state index is -2.91.